The fourth-order valence-corrected chi connectivity index (χ4v) is 2.38. The lowest BCUT2D eigenvalue weighted by Gasteiger charge is -2.35. The molecule has 0 aromatic heterocycles. The second-order valence-corrected chi connectivity index (χ2v) is 4.73. The van der Waals surface area contributed by atoms with Gasteiger partial charge in [-0.3, -0.25) is 0 Å². The normalized spacial score (nSPS) is 18.5. The molecular weight excluding hydrogens is 248 g/mol. The van der Waals surface area contributed by atoms with E-state index in [2.05, 4.69) is 18.0 Å². The lowest BCUT2D eigenvalue weighted by molar-refractivity contribution is 0.222. The Morgan fingerprint density at radius 2 is 1.78 bits per heavy atom. The Morgan fingerprint density at radius 1 is 1.22 bits per heavy atom. The summed E-state index contributed by atoms with van der Waals surface area (Å²) in [6, 6.07) is 10.4. The Kier molecular flexibility index (Phi) is 5.01. The molecule has 3 nitrogen and oxygen atoms in total. The summed E-state index contributed by atoms with van der Waals surface area (Å²) in [6.45, 7) is 1.97. The number of nitriles is 1. The Balaban J connectivity index is 0.00000162. The summed E-state index contributed by atoms with van der Waals surface area (Å²) in [5.74, 6) is 0.842. The third-order valence-electron chi connectivity index (χ3n) is 3.70. The van der Waals surface area contributed by atoms with Gasteiger partial charge in [-0.15, -0.1) is 12.4 Å². The number of piperidine rings is 1. The first kappa shape index (κ1) is 14.8. The maximum atomic E-state index is 9.51. The van der Waals surface area contributed by atoms with Crippen LogP contribution < -0.4 is 4.74 Å². The van der Waals surface area contributed by atoms with Gasteiger partial charge in [0.1, 0.15) is 5.75 Å². The molecule has 0 bridgehead atoms. The number of methoxy groups -OCH3 is 1. The summed E-state index contributed by atoms with van der Waals surface area (Å²) in [7, 11) is 3.76. The van der Waals surface area contributed by atoms with Gasteiger partial charge in [0.2, 0.25) is 0 Å². The third kappa shape index (κ3) is 2.77. The molecule has 0 radical (unpaired) electrons. The SMILES string of the molecule is COc1ccc(C2(C#N)CCN(C)CC2)cc1.Cl. The van der Waals surface area contributed by atoms with E-state index < -0.39 is 0 Å². The van der Waals surface area contributed by atoms with Gasteiger partial charge in [-0.1, -0.05) is 12.1 Å². The zero-order valence-corrected chi connectivity index (χ0v) is 11.7. The molecule has 0 spiro atoms. The molecule has 1 saturated heterocycles. The highest BCUT2D eigenvalue weighted by Gasteiger charge is 2.35. The number of rotatable bonds is 2. The lowest BCUT2D eigenvalue weighted by Crippen LogP contribution is -2.39. The zero-order chi connectivity index (χ0) is 12.3. The largest absolute Gasteiger partial charge is 0.497 e. The van der Waals surface area contributed by atoms with Crippen molar-refractivity contribution in [3.63, 3.8) is 0 Å². The highest BCUT2D eigenvalue weighted by molar-refractivity contribution is 5.85. The van der Waals surface area contributed by atoms with Crippen molar-refractivity contribution in [1.29, 1.82) is 5.26 Å². The summed E-state index contributed by atoms with van der Waals surface area (Å²) in [6.07, 6.45) is 1.82. The molecule has 0 atom stereocenters. The topological polar surface area (TPSA) is 36.3 Å². The van der Waals surface area contributed by atoms with Crippen LogP contribution in [0.2, 0.25) is 0 Å². The van der Waals surface area contributed by atoms with E-state index in [0.717, 1.165) is 37.2 Å². The van der Waals surface area contributed by atoms with E-state index in [9.17, 15) is 5.26 Å². The smallest absolute Gasteiger partial charge is 0.118 e. The lowest BCUT2D eigenvalue weighted by atomic mass is 9.74. The molecule has 1 aromatic rings. The molecule has 0 saturated carbocycles. The first-order valence-corrected chi connectivity index (χ1v) is 5.94. The van der Waals surface area contributed by atoms with Gasteiger partial charge in [0, 0.05) is 0 Å². The number of ether oxygens (including phenoxy) is 1. The third-order valence-corrected chi connectivity index (χ3v) is 3.70. The summed E-state index contributed by atoms with van der Waals surface area (Å²) in [5.41, 5.74) is 0.813. The number of halogens is 1. The zero-order valence-electron chi connectivity index (χ0n) is 10.8. The van der Waals surface area contributed by atoms with Crippen LogP contribution in [-0.4, -0.2) is 32.1 Å². The first-order chi connectivity index (χ1) is 8.20. The van der Waals surface area contributed by atoms with E-state index in [1.54, 1.807) is 7.11 Å². The van der Waals surface area contributed by atoms with E-state index >= 15 is 0 Å². The number of likely N-dealkylation sites (tertiary alicyclic amines) is 1. The van der Waals surface area contributed by atoms with Crippen molar-refractivity contribution in [2.24, 2.45) is 0 Å². The van der Waals surface area contributed by atoms with Crippen molar-refractivity contribution in [2.75, 3.05) is 27.2 Å². The molecule has 1 fully saturated rings. The van der Waals surface area contributed by atoms with Crippen LogP contribution in [0.15, 0.2) is 24.3 Å². The molecule has 0 amide bonds. The van der Waals surface area contributed by atoms with Gasteiger partial charge in [-0.25, -0.2) is 0 Å². The summed E-state index contributed by atoms with van der Waals surface area (Å²) >= 11 is 0. The van der Waals surface area contributed by atoms with Crippen LogP contribution in [0.1, 0.15) is 18.4 Å². The average Bonchev–Trinajstić information content (AvgIpc) is 2.40. The Hall–Kier alpha value is -1.24. The minimum Gasteiger partial charge on any atom is -0.497 e. The molecule has 1 aromatic carbocycles. The van der Waals surface area contributed by atoms with Gasteiger partial charge in [0.15, 0.2) is 0 Å². The second-order valence-electron chi connectivity index (χ2n) is 4.73. The number of nitrogens with zero attached hydrogens (tertiary/aromatic N) is 2. The standard InChI is InChI=1S/C14H18N2O.ClH/c1-16-9-7-14(11-15,8-10-16)12-3-5-13(17-2)6-4-12;/h3-6H,7-10H2,1-2H3;1H. The fraction of sp³-hybridized carbons (Fsp3) is 0.500. The van der Waals surface area contributed by atoms with Gasteiger partial charge < -0.3 is 9.64 Å². The molecule has 0 N–H and O–H groups in total. The maximum absolute atomic E-state index is 9.51. The number of hydrogen-bond donors (Lipinski definition) is 0. The molecular formula is C14H19ClN2O. The summed E-state index contributed by atoms with van der Waals surface area (Å²) in [4.78, 5) is 2.28. The van der Waals surface area contributed by atoms with Crippen LogP contribution in [-0.2, 0) is 5.41 Å². The first-order valence-electron chi connectivity index (χ1n) is 5.94. The van der Waals surface area contributed by atoms with Gasteiger partial charge in [-0.05, 0) is 50.7 Å². The Morgan fingerprint density at radius 3 is 2.22 bits per heavy atom. The highest BCUT2D eigenvalue weighted by atomic mass is 35.5. The summed E-state index contributed by atoms with van der Waals surface area (Å²) < 4.78 is 5.15. The van der Waals surface area contributed by atoms with Crippen molar-refractivity contribution in [3.05, 3.63) is 29.8 Å². The molecule has 2 rings (SSSR count). The van der Waals surface area contributed by atoms with Crippen molar-refractivity contribution in [1.82, 2.24) is 4.90 Å². The van der Waals surface area contributed by atoms with Gasteiger partial charge in [0.05, 0.1) is 18.6 Å². The van der Waals surface area contributed by atoms with Crippen molar-refractivity contribution in [3.8, 4) is 11.8 Å². The molecule has 18 heavy (non-hydrogen) atoms. The van der Waals surface area contributed by atoms with Gasteiger partial charge >= 0.3 is 0 Å². The van der Waals surface area contributed by atoms with Gasteiger partial charge in [-0.2, -0.15) is 5.26 Å². The second kappa shape index (κ2) is 6.08. The predicted octanol–water partition coefficient (Wildman–Crippen LogP) is 2.60. The van der Waals surface area contributed by atoms with Crippen LogP contribution in [0.4, 0.5) is 0 Å². The van der Waals surface area contributed by atoms with E-state index in [4.69, 9.17) is 4.74 Å². The summed E-state index contributed by atoms with van der Waals surface area (Å²) in [5, 5.41) is 9.51. The quantitative estimate of drug-likeness (QED) is 0.826. The van der Waals surface area contributed by atoms with E-state index in [-0.39, 0.29) is 17.8 Å². The molecule has 1 heterocycles. The molecule has 4 heteroatoms. The van der Waals surface area contributed by atoms with Crippen LogP contribution in [0.5, 0.6) is 5.75 Å². The van der Waals surface area contributed by atoms with Crippen LogP contribution in [0.3, 0.4) is 0 Å². The van der Waals surface area contributed by atoms with Crippen molar-refractivity contribution < 1.29 is 4.74 Å². The Bertz CT molecular complexity index is 416. The van der Waals surface area contributed by atoms with Crippen LogP contribution >= 0.6 is 12.4 Å². The van der Waals surface area contributed by atoms with Crippen molar-refractivity contribution >= 4 is 12.4 Å². The minimum absolute atomic E-state index is 0. The van der Waals surface area contributed by atoms with E-state index in [1.807, 2.05) is 24.3 Å². The van der Waals surface area contributed by atoms with Crippen LogP contribution in [0, 0.1) is 11.3 Å². The molecule has 98 valence electrons. The predicted molar refractivity (Wildman–Crippen MR) is 74.3 cm³/mol. The van der Waals surface area contributed by atoms with Crippen molar-refractivity contribution in [2.45, 2.75) is 18.3 Å². The monoisotopic (exact) mass is 266 g/mol. The van der Waals surface area contributed by atoms with Gasteiger partial charge in [0.25, 0.3) is 0 Å². The molecule has 1 aliphatic rings. The number of hydrogen-bond acceptors (Lipinski definition) is 3. The average molecular weight is 267 g/mol. The maximum Gasteiger partial charge on any atom is 0.118 e. The minimum atomic E-state index is -0.307. The van der Waals surface area contributed by atoms with Crippen LogP contribution in [0.25, 0.3) is 0 Å². The van der Waals surface area contributed by atoms with E-state index in [0.29, 0.717) is 0 Å². The fourth-order valence-electron chi connectivity index (χ4n) is 2.38. The molecule has 0 unspecified atom stereocenters. The molecule has 0 aliphatic carbocycles. The van der Waals surface area contributed by atoms with E-state index in [1.165, 1.54) is 0 Å². The highest BCUT2D eigenvalue weighted by Crippen LogP contribution is 2.35. The number of benzene rings is 1. The molecule has 1 aliphatic heterocycles. The Labute approximate surface area is 115 Å².